The van der Waals surface area contributed by atoms with Crippen LogP contribution < -0.4 is 19.9 Å². The summed E-state index contributed by atoms with van der Waals surface area (Å²) in [6.45, 7) is 8.06. The predicted molar refractivity (Wildman–Crippen MR) is 142 cm³/mol. The second-order valence-electron chi connectivity index (χ2n) is 7.80. The molecular weight excluding hydrogens is 517 g/mol. The smallest absolute Gasteiger partial charge is 0.194 e. The molecule has 2 heterocycles. The minimum atomic E-state index is 0. The van der Waals surface area contributed by atoms with Gasteiger partial charge in [0.1, 0.15) is 5.75 Å². The number of para-hydroxylation sites is 1. The van der Waals surface area contributed by atoms with E-state index in [0.717, 1.165) is 70.7 Å². The molecule has 2 fully saturated rings. The topological polar surface area (TPSA) is 52.6 Å². The number of piperazine rings is 1. The molecule has 8 heteroatoms. The molecule has 32 heavy (non-hydrogen) atoms. The van der Waals surface area contributed by atoms with Crippen molar-refractivity contribution in [3.63, 3.8) is 0 Å². The van der Waals surface area contributed by atoms with Crippen LogP contribution in [0.15, 0.2) is 53.5 Å². The highest BCUT2D eigenvalue weighted by Crippen LogP contribution is 2.22. The fraction of sp³-hybridized carbons (Fsp3) is 0.458. The van der Waals surface area contributed by atoms with E-state index in [1.807, 2.05) is 19.2 Å². The van der Waals surface area contributed by atoms with Crippen LogP contribution in [0.3, 0.4) is 0 Å². The number of nitrogens with zero attached hydrogens (tertiary/aromatic N) is 4. The molecule has 2 aromatic carbocycles. The maximum Gasteiger partial charge on any atom is 0.194 e. The molecule has 0 atom stereocenters. The molecule has 2 aromatic rings. The van der Waals surface area contributed by atoms with Crippen molar-refractivity contribution in [2.75, 3.05) is 76.4 Å². The van der Waals surface area contributed by atoms with Crippen LogP contribution in [0.4, 0.5) is 11.4 Å². The minimum absolute atomic E-state index is 0. The van der Waals surface area contributed by atoms with Crippen molar-refractivity contribution in [2.45, 2.75) is 6.54 Å². The summed E-state index contributed by atoms with van der Waals surface area (Å²) in [5.74, 6) is 1.86. The molecule has 4 rings (SSSR count). The van der Waals surface area contributed by atoms with Crippen molar-refractivity contribution in [1.82, 2.24) is 10.2 Å². The second kappa shape index (κ2) is 12.2. The van der Waals surface area contributed by atoms with E-state index in [2.05, 4.69) is 61.4 Å². The van der Waals surface area contributed by atoms with Crippen LogP contribution in [0.1, 0.15) is 5.56 Å². The SMILES string of the molecule is CN=C(NCc1ccccc1N1CCOCC1)N1CCN(c2ccc(OC)cc2)CC1.I. The lowest BCUT2D eigenvalue weighted by Crippen LogP contribution is -2.52. The van der Waals surface area contributed by atoms with Crippen molar-refractivity contribution >= 4 is 41.3 Å². The van der Waals surface area contributed by atoms with Gasteiger partial charge in [-0.05, 0) is 35.9 Å². The lowest BCUT2D eigenvalue weighted by molar-refractivity contribution is 0.122. The second-order valence-corrected chi connectivity index (χ2v) is 7.80. The van der Waals surface area contributed by atoms with Crippen molar-refractivity contribution in [1.29, 1.82) is 0 Å². The van der Waals surface area contributed by atoms with E-state index in [1.54, 1.807) is 7.11 Å². The largest absolute Gasteiger partial charge is 0.497 e. The third-order valence-electron chi connectivity index (χ3n) is 6.01. The lowest BCUT2D eigenvalue weighted by Gasteiger charge is -2.38. The Morgan fingerprint density at radius 1 is 0.938 bits per heavy atom. The van der Waals surface area contributed by atoms with Crippen LogP contribution in [0, 0.1) is 0 Å². The number of guanidine groups is 1. The summed E-state index contributed by atoms with van der Waals surface area (Å²) in [4.78, 5) is 11.7. The molecule has 0 amide bonds. The van der Waals surface area contributed by atoms with Gasteiger partial charge in [-0.3, -0.25) is 4.99 Å². The van der Waals surface area contributed by atoms with Crippen LogP contribution in [0.25, 0.3) is 0 Å². The third-order valence-corrected chi connectivity index (χ3v) is 6.01. The summed E-state index contributed by atoms with van der Waals surface area (Å²) in [7, 11) is 3.57. The number of halogens is 1. The zero-order valence-corrected chi connectivity index (χ0v) is 21.3. The van der Waals surface area contributed by atoms with E-state index >= 15 is 0 Å². The summed E-state index contributed by atoms with van der Waals surface area (Å²) in [5.41, 5.74) is 3.82. The normalized spacial score (nSPS) is 17.1. The Morgan fingerprint density at radius 2 is 1.62 bits per heavy atom. The highest BCUT2D eigenvalue weighted by atomic mass is 127. The van der Waals surface area contributed by atoms with Gasteiger partial charge in [-0.25, -0.2) is 0 Å². The number of ether oxygens (including phenoxy) is 2. The Bertz CT molecular complexity index is 863. The van der Waals surface area contributed by atoms with Crippen LogP contribution >= 0.6 is 24.0 Å². The first-order valence-electron chi connectivity index (χ1n) is 11.0. The first-order valence-corrected chi connectivity index (χ1v) is 11.0. The molecule has 2 saturated heterocycles. The van der Waals surface area contributed by atoms with Crippen molar-refractivity contribution in [3.05, 3.63) is 54.1 Å². The summed E-state index contributed by atoms with van der Waals surface area (Å²) in [6.07, 6.45) is 0. The molecule has 2 aliphatic rings. The average Bonchev–Trinajstić information content (AvgIpc) is 2.86. The van der Waals surface area contributed by atoms with Crippen LogP contribution in [0.2, 0.25) is 0 Å². The van der Waals surface area contributed by atoms with E-state index in [4.69, 9.17) is 9.47 Å². The number of anilines is 2. The number of benzene rings is 2. The highest BCUT2D eigenvalue weighted by molar-refractivity contribution is 14.0. The number of methoxy groups -OCH3 is 1. The van der Waals surface area contributed by atoms with Crippen molar-refractivity contribution in [3.8, 4) is 5.75 Å². The van der Waals surface area contributed by atoms with E-state index in [1.165, 1.54) is 16.9 Å². The first kappa shape index (κ1) is 24.4. The van der Waals surface area contributed by atoms with Gasteiger partial charge in [0.25, 0.3) is 0 Å². The van der Waals surface area contributed by atoms with E-state index < -0.39 is 0 Å². The van der Waals surface area contributed by atoms with E-state index in [9.17, 15) is 0 Å². The Labute approximate surface area is 208 Å². The molecule has 0 radical (unpaired) electrons. The van der Waals surface area contributed by atoms with Crippen LogP contribution in [-0.4, -0.2) is 77.5 Å². The fourth-order valence-corrected chi connectivity index (χ4v) is 4.25. The van der Waals surface area contributed by atoms with Gasteiger partial charge in [-0.1, -0.05) is 18.2 Å². The van der Waals surface area contributed by atoms with Crippen molar-refractivity contribution < 1.29 is 9.47 Å². The molecular formula is C24H34IN5O2. The number of morpholine rings is 1. The van der Waals surface area contributed by atoms with Gasteiger partial charge >= 0.3 is 0 Å². The molecule has 2 aliphatic heterocycles. The van der Waals surface area contributed by atoms with Gasteiger partial charge in [0.15, 0.2) is 5.96 Å². The quantitative estimate of drug-likeness (QED) is 0.351. The minimum Gasteiger partial charge on any atom is -0.497 e. The number of nitrogens with one attached hydrogen (secondary N) is 1. The summed E-state index contributed by atoms with van der Waals surface area (Å²) >= 11 is 0. The molecule has 7 nitrogen and oxygen atoms in total. The van der Waals surface area contributed by atoms with Gasteiger partial charge in [0.2, 0.25) is 0 Å². The zero-order valence-electron chi connectivity index (χ0n) is 19.0. The molecule has 0 saturated carbocycles. The lowest BCUT2D eigenvalue weighted by atomic mass is 10.1. The Balaban J connectivity index is 0.00000289. The van der Waals surface area contributed by atoms with E-state index in [0.29, 0.717) is 0 Å². The van der Waals surface area contributed by atoms with Crippen LogP contribution in [-0.2, 0) is 11.3 Å². The molecule has 0 unspecified atom stereocenters. The Morgan fingerprint density at radius 3 is 2.28 bits per heavy atom. The third kappa shape index (κ3) is 5.98. The Hall–Kier alpha value is -2.20. The maximum atomic E-state index is 5.51. The standard InChI is InChI=1S/C24H33N5O2.HI/c1-25-24(26-19-20-5-3-4-6-23(20)28-15-17-31-18-16-28)29-13-11-27(12-14-29)21-7-9-22(30-2)10-8-21;/h3-10H,11-19H2,1-2H3,(H,25,26);1H. The summed E-state index contributed by atoms with van der Waals surface area (Å²) in [5, 5.41) is 3.59. The van der Waals surface area contributed by atoms with Gasteiger partial charge in [0, 0.05) is 64.2 Å². The van der Waals surface area contributed by atoms with E-state index in [-0.39, 0.29) is 24.0 Å². The van der Waals surface area contributed by atoms with Gasteiger partial charge in [-0.2, -0.15) is 0 Å². The summed E-state index contributed by atoms with van der Waals surface area (Å²) in [6, 6.07) is 16.9. The monoisotopic (exact) mass is 551 g/mol. The number of hydrogen-bond donors (Lipinski definition) is 1. The van der Waals surface area contributed by atoms with Crippen LogP contribution in [0.5, 0.6) is 5.75 Å². The predicted octanol–water partition coefficient (Wildman–Crippen LogP) is 3.05. The average molecular weight is 551 g/mol. The molecule has 0 bridgehead atoms. The maximum absolute atomic E-state index is 5.51. The fourth-order valence-electron chi connectivity index (χ4n) is 4.25. The zero-order chi connectivity index (χ0) is 21.5. The number of aliphatic imine (C=N–C) groups is 1. The first-order chi connectivity index (χ1) is 15.3. The molecule has 0 aromatic heterocycles. The number of hydrogen-bond acceptors (Lipinski definition) is 5. The molecule has 174 valence electrons. The summed E-state index contributed by atoms with van der Waals surface area (Å²) < 4.78 is 10.8. The van der Waals surface area contributed by atoms with Gasteiger partial charge in [-0.15, -0.1) is 24.0 Å². The molecule has 1 N–H and O–H groups in total. The van der Waals surface area contributed by atoms with Crippen molar-refractivity contribution in [2.24, 2.45) is 4.99 Å². The Kier molecular flexibility index (Phi) is 9.28. The molecule has 0 aliphatic carbocycles. The van der Waals surface area contributed by atoms with Gasteiger partial charge in [0.05, 0.1) is 20.3 Å². The number of rotatable bonds is 5. The highest BCUT2D eigenvalue weighted by Gasteiger charge is 2.20. The molecule has 0 spiro atoms. The van der Waals surface area contributed by atoms with Gasteiger partial charge < -0.3 is 29.5 Å².